The van der Waals surface area contributed by atoms with Crippen LogP contribution in [0, 0.1) is 6.92 Å². The highest BCUT2D eigenvalue weighted by molar-refractivity contribution is 5.91. The van der Waals surface area contributed by atoms with Crippen LogP contribution < -0.4 is 10.6 Å². The van der Waals surface area contributed by atoms with Crippen molar-refractivity contribution in [3.8, 4) is 0 Å². The van der Waals surface area contributed by atoms with Gasteiger partial charge in [-0.25, -0.2) is 9.78 Å². The summed E-state index contributed by atoms with van der Waals surface area (Å²) in [5.74, 6) is 0.618. The number of nitrogens with zero attached hydrogens (tertiary/aromatic N) is 1. The van der Waals surface area contributed by atoms with E-state index in [9.17, 15) is 4.79 Å². The molecule has 6 heteroatoms. The molecule has 1 fully saturated rings. The molecule has 2 aromatic rings. The highest BCUT2D eigenvalue weighted by Crippen LogP contribution is 2.23. The molecule has 2 amide bonds. The first kappa shape index (κ1) is 16.8. The number of benzene rings is 1. The third kappa shape index (κ3) is 4.26. The van der Waals surface area contributed by atoms with Crippen LogP contribution in [0.3, 0.4) is 0 Å². The number of hydrogen-bond donors (Lipinski definition) is 2. The predicted octanol–water partition coefficient (Wildman–Crippen LogP) is 3.99. The fraction of sp³-hybridized carbons (Fsp3) is 0.556. The van der Waals surface area contributed by atoms with Crippen LogP contribution in [0.5, 0.6) is 0 Å². The summed E-state index contributed by atoms with van der Waals surface area (Å²) in [6.45, 7) is 5.93. The number of anilines is 1. The zero-order valence-corrected chi connectivity index (χ0v) is 14.5. The molecular formula is C18H25N3O3. The smallest absolute Gasteiger partial charge is 0.319 e. The molecule has 24 heavy (non-hydrogen) atoms. The summed E-state index contributed by atoms with van der Waals surface area (Å²) in [6.07, 6.45) is 4.47. The molecule has 0 saturated heterocycles. The summed E-state index contributed by atoms with van der Waals surface area (Å²) in [5.41, 5.74) is 2.17. The monoisotopic (exact) mass is 331 g/mol. The van der Waals surface area contributed by atoms with Crippen LogP contribution in [0.4, 0.5) is 10.5 Å². The van der Waals surface area contributed by atoms with Gasteiger partial charge in [0, 0.05) is 24.7 Å². The van der Waals surface area contributed by atoms with Crippen molar-refractivity contribution in [2.75, 3.05) is 5.32 Å². The largest absolute Gasteiger partial charge is 0.441 e. The Labute approximate surface area is 142 Å². The molecule has 1 aliphatic rings. The van der Waals surface area contributed by atoms with Gasteiger partial charge in [0.05, 0.1) is 12.2 Å². The zero-order chi connectivity index (χ0) is 17.1. The molecule has 1 aliphatic carbocycles. The molecule has 1 aromatic heterocycles. The van der Waals surface area contributed by atoms with E-state index in [1.807, 2.05) is 12.1 Å². The minimum Gasteiger partial charge on any atom is -0.441 e. The molecule has 130 valence electrons. The molecule has 0 bridgehead atoms. The van der Waals surface area contributed by atoms with Crippen molar-refractivity contribution in [3.63, 3.8) is 0 Å². The van der Waals surface area contributed by atoms with E-state index in [0.29, 0.717) is 23.3 Å². The van der Waals surface area contributed by atoms with Crippen molar-refractivity contribution in [3.05, 3.63) is 24.1 Å². The number of aromatic nitrogens is 1. The Morgan fingerprint density at radius 1 is 1.29 bits per heavy atom. The number of fused-ring (bicyclic) bond motifs is 1. The van der Waals surface area contributed by atoms with Crippen molar-refractivity contribution < 1.29 is 13.9 Å². The van der Waals surface area contributed by atoms with Crippen LogP contribution in [0.25, 0.3) is 11.1 Å². The molecule has 1 heterocycles. The predicted molar refractivity (Wildman–Crippen MR) is 93.2 cm³/mol. The third-order valence-electron chi connectivity index (χ3n) is 4.23. The number of rotatable bonds is 4. The molecule has 0 unspecified atom stereocenters. The Hall–Kier alpha value is -2.08. The third-order valence-corrected chi connectivity index (χ3v) is 4.23. The van der Waals surface area contributed by atoms with Crippen molar-refractivity contribution in [1.82, 2.24) is 10.3 Å². The number of urea groups is 1. The first-order valence-electron chi connectivity index (χ1n) is 8.60. The average Bonchev–Trinajstić information content (AvgIpc) is 2.88. The van der Waals surface area contributed by atoms with E-state index in [-0.39, 0.29) is 18.2 Å². The zero-order valence-electron chi connectivity index (χ0n) is 14.5. The quantitative estimate of drug-likeness (QED) is 0.888. The molecule has 0 radical (unpaired) electrons. The Balaban J connectivity index is 1.50. The van der Waals surface area contributed by atoms with Crippen molar-refractivity contribution in [2.24, 2.45) is 0 Å². The van der Waals surface area contributed by atoms with Gasteiger partial charge in [0.2, 0.25) is 0 Å². The summed E-state index contributed by atoms with van der Waals surface area (Å²) >= 11 is 0. The van der Waals surface area contributed by atoms with Crippen LogP contribution in [-0.4, -0.2) is 29.3 Å². The minimum absolute atomic E-state index is 0.182. The molecule has 3 rings (SSSR count). The molecule has 2 N–H and O–H groups in total. The van der Waals surface area contributed by atoms with E-state index in [1.54, 1.807) is 13.0 Å². The van der Waals surface area contributed by atoms with Gasteiger partial charge in [0.15, 0.2) is 11.5 Å². The Morgan fingerprint density at radius 2 is 2.04 bits per heavy atom. The Bertz CT molecular complexity index is 703. The lowest BCUT2D eigenvalue weighted by Gasteiger charge is -2.30. The van der Waals surface area contributed by atoms with Gasteiger partial charge in [0.1, 0.15) is 5.52 Å². The van der Waals surface area contributed by atoms with Crippen LogP contribution >= 0.6 is 0 Å². The first-order chi connectivity index (χ1) is 11.5. The number of carbonyl (C=O) groups excluding carboxylic acids is 1. The topological polar surface area (TPSA) is 76.4 Å². The van der Waals surface area contributed by atoms with Gasteiger partial charge in [-0.05, 0) is 51.7 Å². The number of amides is 2. The maximum Gasteiger partial charge on any atom is 0.319 e. The number of ether oxygens (including phenoxy) is 1. The van der Waals surface area contributed by atoms with Crippen molar-refractivity contribution in [1.29, 1.82) is 0 Å². The number of carbonyl (C=O) groups is 1. The maximum atomic E-state index is 12.2. The van der Waals surface area contributed by atoms with E-state index in [4.69, 9.17) is 9.15 Å². The van der Waals surface area contributed by atoms with E-state index in [1.165, 1.54) is 0 Å². The molecule has 0 spiro atoms. The summed E-state index contributed by atoms with van der Waals surface area (Å²) in [5, 5.41) is 5.91. The summed E-state index contributed by atoms with van der Waals surface area (Å²) in [4.78, 5) is 16.4. The average molecular weight is 331 g/mol. The normalized spacial score (nSPS) is 21.2. The van der Waals surface area contributed by atoms with Gasteiger partial charge in [-0.15, -0.1) is 0 Å². The number of aryl methyl sites for hydroxylation is 1. The van der Waals surface area contributed by atoms with Gasteiger partial charge in [-0.3, -0.25) is 0 Å². The van der Waals surface area contributed by atoms with Crippen LogP contribution in [0.15, 0.2) is 22.6 Å². The Morgan fingerprint density at radius 3 is 2.75 bits per heavy atom. The van der Waals surface area contributed by atoms with Gasteiger partial charge < -0.3 is 19.8 Å². The lowest BCUT2D eigenvalue weighted by molar-refractivity contribution is -0.0155. The summed E-state index contributed by atoms with van der Waals surface area (Å²) < 4.78 is 11.3. The number of nitrogens with one attached hydrogen (secondary N) is 2. The second-order valence-corrected chi connectivity index (χ2v) is 6.67. The summed E-state index contributed by atoms with van der Waals surface area (Å²) in [6, 6.07) is 5.49. The standard InChI is InChI=1S/C18H25N3O3/c1-11(2)23-15-7-4-13(5-8-15)20-18(22)21-14-6-9-16-17(10-14)24-12(3)19-16/h6,9-11,13,15H,4-5,7-8H2,1-3H3,(H2,20,21,22). The van der Waals surface area contributed by atoms with Gasteiger partial charge in [-0.2, -0.15) is 0 Å². The lowest BCUT2D eigenvalue weighted by atomic mass is 9.93. The Kier molecular flexibility index (Phi) is 5.04. The highest BCUT2D eigenvalue weighted by Gasteiger charge is 2.23. The first-order valence-corrected chi connectivity index (χ1v) is 8.60. The van der Waals surface area contributed by atoms with E-state index in [0.717, 1.165) is 31.2 Å². The second kappa shape index (κ2) is 7.21. The van der Waals surface area contributed by atoms with E-state index < -0.39 is 0 Å². The molecule has 0 aliphatic heterocycles. The van der Waals surface area contributed by atoms with Crippen LogP contribution in [0.2, 0.25) is 0 Å². The van der Waals surface area contributed by atoms with Crippen LogP contribution in [0.1, 0.15) is 45.4 Å². The molecule has 0 atom stereocenters. The van der Waals surface area contributed by atoms with Crippen molar-refractivity contribution >= 4 is 22.8 Å². The SMILES string of the molecule is Cc1nc2ccc(NC(=O)NC3CCC(OC(C)C)CC3)cc2o1. The summed E-state index contributed by atoms with van der Waals surface area (Å²) in [7, 11) is 0. The van der Waals surface area contributed by atoms with E-state index in [2.05, 4.69) is 29.5 Å². The number of hydrogen-bond acceptors (Lipinski definition) is 4. The fourth-order valence-corrected chi connectivity index (χ4v) is 3.20. The lowest BCUT2D eigenvalue weighted by Crippen LogP contribution is -2.41. The van der Waals surface area contributed by atoms with Crippen molar-refractivity contribution in [2.45, 2.75) is 64.7 Å². The van der Waals surface area contributed by atoms with E-state index >= 15 is 0 Å². The minimum atomic E-state index is -0.182. The molecular weight excluding hydrogens is 306 g/mol. The maximum absolute atomic E-state index is 12.2. The fourth-order valence-electron chi connectivity index (χ4n) is 3.20. The molecule has 1 aromatic carbocycles. The highest BCUT2D eigenvalue weighted by atomic mass is 16.5. The second-order valence-electron chi connectivity index (χ2n) is 6.67. The van der Waals surface area contributed by atoms with Gasteiger partial charge in [0.25, 0.3) is 0 Å². The van der Waals surface area contributed by atoms with Crippen LogP contribution in [-0.2, 0) is 4.74 Å². The van der Waals surface area contributed by atoms with Gasteiger partial charge >= 0.3 is 6.03 Å². The molecule has 1 saturated carbocycles. The van der Waals surface area contributed by atoms with Gasteiger partial charge in [-0.1, -0.05) is 0 Å². The molecule has 6 nitrogen and oxygen atoms in total. The number of oxazole rings is 1.